The molecule has 0 radical (unpaired) electrons. The lowest BCUT2D eigenvalue weighted by Crippen LogP contribution is -2.37. The number of hydrogen-bond acceptors (Lipinski definition) is 11. The molecule has 14 heteroatoms. The van der Waals surface area contributed by atoms with Gasteiger partial charge in [0.2, 0.25) is 17.8 Å². The maximum Gasteiger partial charge on any atom is 0.300 e. The Hall–Kier alpha value is -4.17. The van der Waals surface area contributed by atoms with Crippen LogP contribution in [0.2, 0.25) is 0 Å². The predicted octanol–water partition coefficient (Wildman–Crippen LogP) is 3.97. The van der Waals surface area contributed by atoms with E-state index in [1.165, 1.54) is 18.3 Å². The number of non-ortho nitro benzene ring substituents is 1. The Labute approximate surface area is 220 Å². The summed E-state index contributed by atoms with van der Waals surface area (Å²) in [5, 5.41) is 25.7. The van der Waals surface area contributed by atoms with Gasteiger partial charge in [-0.2, -0.15) is 20.1 Å². The number of aryl methyl sites for hydroxylation is 1. The zero-order valence-corrected chi connectivity index (χ0v) is 21.7. The number of rotatable bonds is 7. The van der Waals surface area contributed by atoms with Crippen molar-refractivity contribution in [1.29, 1.82) is 0 Å². The minimum atomic E-state index is -0.833. The van der Waals surface area contributed by atoms with Gasteiger partial charge in [0.05, 0.1) is 30.0 Å². The van der Waals surface area contributed by atoms with Crippen LogP contribution >= 0.6 is 15.9 Å². The second-order valence-electron chi connectivity index (χ2n) is 7.73. The van der Waals surface area contributed by atoms with E-state index in [0.29, 0.717) is 43.8 Å². The van der Waals surface area contributed by atoms with Crippen LogP contribution in [0.15, 0.2) is 52.0 Å². The molecule has 37 heavy (non-hydrogen) atoms. The van der Waals surface area contributed by atoms with Crippen LogP contribution in [0.4, 0.5) is 29.2 Å². The number of nitrogens with zero attached hydrogens (tertiary/aromatic N) is 6. The molecule has 0 atom stereocenters. The predicted molar refractivity (Wildman–Crippen MR) is 143 cm³/mol. The highest BCUT2D eigenvalue weighted by Gasteiger charge is 2.17. The number of carboxylic acids is 1. The van der Waals surface area contributed by atoms with Crippen molar-refractivity contribution >= 4 is 57.3 Å². The first-order valence-electron chi connectivity index (χ1n) is 11.1. The van der Waals surface area contributed by atoms with Crippen molar-refractivity contribution in [3.63, 3.8) is 0 Å². The van der Waals surface area contributed by atoms with Gasteiger partial charge in [-0.3, -0.25) is 14.9 Å². The number of hydrogen-bond donors (Lipinski definition) is 3. The topological polar surface area (TPSA) is 168 Å². The average molecular weight is 573 g/mol. The Kier molecular flexibility index (Phi) is 9.80. The zero-order chi connectivity index (χ0) is 26.8. The molecule has 2 aromatic carbocycles. The number of hydrazone groups is 1. The monoisotopic (exact) mass is 572 g/mol. The molecule has 1 saturated heterocycles. The van der Waals surface area contributed by atoms with E-state index in [4.69, 9.17) is 14.6 Å². The van der Waals surface area contributed by atoms with Crippen LogP contribution in [0.5, 0.6) is 0 Å². The van der Waals surface area contributed by atoms with E-state index >= 15 is 0 Å². The number of nitro benzene ring substituents is 1. The van der Waals surface area contributed by atoms with E-state index in [0.717, 1.165) is 22.6 Å². The fourth-order valence-electron chi connectivity index (χ4n) is 3.10. The van der Waals surface area contributed by atoms with E-state index in [1.54, 1.807) is 12.1 Å². The fourth-order valence-corrected chi connectivity index (χ4v) is 3.69. The summed E-state index contributed by atoms with van der Waals surface area (Å²) in [5.41, 5.74) is 5.29. The quantitative estimate of drug-likeness (QED) is 0.213. The Bertz CT molecular complexity index is 1280. The molecule has 0 bridgehead atoms. The number of nitro groups is 1. The van der Waals surface area contributed by atoms with Gasteiger partial charge in [-0.15, -0.1) is 0 Å². The van der Waals surface area contributed by atoms with Crippen LogP contribution in [-0.2, 0) is 9.53 Å². The minimum absolute atomic E-state index is 0.0103. The van der Waals surface area contributed by atoms with Gasteiger partial charge in [-0.1, -0.05) is 18.2 Å². The minimum Gasteiger partial charge on any atom is -0.481 e. The van der Waals surface area contributed by atoms with Crippen LogP contribution in [0.1, 0.15) is 18.1 Å². The van der Waals surface area contributed by atoms with E-state index in [2.05, 4.69) is 46.7 Å². The van der Waals surface area contributed by atoms with E-state index < -0.39 is 10.9 Å². The number of nitrogens with one attached hydrogen (secondary N) is 2. The molecule has 0 unspecified atom stereocenters. The van der Waals surface area contributed by atoms with Crippen molar-refractivity contribution in [3.05, 3.63) is 68.2 Å². The van der Waals surface area contributed by atoms with Crippen molar-refractivity contribution in [1.82, 2.24) is 15.0 Å². The molecule has 0 saturated carbocycles. The molecule has 1 aliphatic rings. The van der Waals surface area contributed by atoms with Gasteiger partial charge in [0, 0.05) is 42.2 Å². The molecule has 3 N–H and O–H groups in total. The second kappa shape index (κ2) is 13.2. The summed E-state index contributed by atoms with van der Waals surface area (Å²) >= 11 is 3.55. The largest absolute Gasteiger partial charge is 0.481 e. The summed E-state index contributed by atoms with van der Waals surface area (Å²) in [5.74, 6) is 0.245. The maximum atomic E-state index is 11.0. The van der Waals surface area contributed by atoms with Crippen molar-refractivity contribution < 1.29 is 19.6 Å². The van der Waals surface area contributed by atoms with Crippen LogP contribution < -0.4 is 15.6 Å². The average Bonchev–Trinajstić information content (AvgIpc) is 2.86. The summed E-state index contributed by atoms with van der Waals surface area (Å²) in [6, 6.07) is 12.1. The number of aromatic nitrogens is 3. The van der Waals surface area contributed by atoms with E-state index in [9.17, 15) is 10.1 Å². The van der Waals surface area contributed by atoms with Gasteiger partial charge in [0.25, 0.3) is 11.7 Å². The van der Waals surface area contributed by atoms with Crippen molar-refractivity contribution in [3.8, 4) is 0 Å². The summed E-state index contributed by atoms with van der Waals surface area (Å²) in [6.45, 7) is 5.59. The molecule has 2 heterocycles. The third-order valence-electron chi connectivity index (χ3n) is 4.75. The Morgan fingerprint density at radius 3 is 2.57 bits per heavy atom. The molecule has 4 rings (SSSR count). The van der Waals surface area contributed by atoms with Crippen LogP contribution in [0.3, 0.4) is 0 Å². The van der Waals surface area contributed by atoms with Gasteiger partial charge in [0.15, 0.2) is 0 Å². The van der Waals surface area contributed by atoms with Crippen LogP contribution in [0.25, 0.3) is 0 Å². The van der Waals surface area contributed by atoms with Crippen LogP contribution in [-0.4, -0.2) is 63.5 Å². The molecule has 0 amide bonds. The third kappa shape index (κ3) is 8.77. The Morgan fingerprint density at radius 1 is 1.19 bits per heavy atom. The molecule has 194 valence electrons. The molecule has 1 aromatic heterocycles. The molecule has 0 spiro atoms. The van der Waals surface area contributed by atoms with Crippen molar-refractivity contribution in [2.24, 2.45) is 5.10 Å². The van der Waals surface area contributed by atoms with Gasteiger partial charge >= 0.3 is 0 Å². The summed E-state index contributed by atoms with van der Waals surface area (Å²) in [6.07, 6.45) is 1.47. The number of carboxylic acid groups (broad SMARTS) is 1. The highest BCUT2D eigenvalue weighted by Crippen LogP contribution is 2.26. The van der Waals surface area contributed by atoms with E-state index in [-0.39, 0.29) is 11.6 Å². The summed E-state index contributed by atoms with van der Waals surface area (Å²) in [4.78, 5) is 35.0. The Balaban J connectivity index is 0.000000886. The lowest BCUT2D eigenvalue weighted by Gasteiger charge is -2.27. The van der Waals surface area contributed by atoms with E-state index in [1.807, 2.05) is 30.0 Å². The number of morpholine rings is 1. The van der Waals surface area contributed by atoms with Gasteiger partial charge in [0.1, 0.15) is 0 Å². The summed E-state index contributed by atoms with van der Waals surface area (Å²) in [7, 11) is 0. The second-order valence-corrected chi connectivity index (χ2v) is 8.59. The van der Waals surface area contributed by atoms with Gasteiger partial charge < -0.3 is 20.1 Å². The van der Waals surface area contributed by atoms with Crippen LogP contribution in [0, 0.1) is 17.0 Å². The molecule has 3 aromatic rings. The number of carbonyl (C=O) groups is 1. The first kappa shape index (κ1) is 27.4. The summed E-state index contributed by atoms with van der Waals surface area (Å²) < 4.78 is 6.31. The molecule has 13 nitrogen and oxygen atoms in total. The highest BCUT2D eigenvalue weighted by atomic mass is 79.9. The molecule has 1 fully saturated rings. The number of aliphatic carboxylic acids is 1. The van der Waals surface area contributed by atoms with Gasteiger partial charge in [-0.25, -0.2) is 5.43 Å². The number of halogens is 1. The SMILES string of the molecule is CC(=O)O.Cc1ccc(Nc2nc(NN=Cc3cccc([N+](=O)[O-])c3)nc(N3CCOCC3)n2)c(Br)c1. The highest BCUT2D eigenvalue weighted by molar-refractivity contribution is 9.10. The maximum absolute atomic E-state index is 11.0. The normalized spacial score (nSPS) is 13.0. The van der Waals surface area contributed by atoms with Gasteiger partial charge in [-0.05, 0) is 40.5 Å². The first-order valence-corrected chi connectivity index (χ1v) is 11.9. The molecule has 1 aliphatic heterocycles. The zero-order valence-electron chi connectivity index (χ0n) is 20.1. The van der Waals surface area contributed by atoms with Crippen molar-refractivity contribution in [2.75, 3.05) is 41.9 Å². The first-order chi connectivity index (χ1) is 17.7. The van der Waals surface area contributed by atoms with Crippen molar-refractivity contribution in [2.45, 2.75) is 13.8 Å². The number of ether oxygens (including phenoxy) is 1. The molecule has 0 aliphatic carbocycles. The smallest absolute Gasteiger partial charge is 0.300 e. The molecular formula is C23H25BrN8O5. The number of benzene rings is 2. The Morgan fingerprint density at radius 2 is 1.89 bits per heavy atom. The molecular weight excluding hydrogens is 548 g/mol. The lowest BCUT2D eigenvalue weighted by molar-refractivity contribution is -0.384. The number of anilines is 4. The third-order valence-corrected chi connectivity index (χ3v) is 5.40. The fraction of sp³-hybridized carbons (Fsp3) is 0.261. The lowest BCUT2D eigenvalue weighted by atomic mass is 10.2. The standard InChI is InChI=1S/C21H21BrN8O3.C2H4O2/c1-14-5-6-18(17(22)11-14)24-19-25-20(27-21(26-19)29-7-9-33-10-8-29)28-23-13-15-3-2-4-16(12-15)30(31)32;1-2(3)4/h2-6,11-13H,7-10H2,1H3,(H2,24,25,26,27,28);1H3,(H,3,4).